The molecule has 0 fully saturated rings. The summed E-state index contributed by atoms with van der Waals surface area (Å²) in [6.07, 6.45) is 2.23. The zero-order chi connectivity index (χ0) is 14.2. The van der Waals surface area contributed by atoms with Gasteiger partial charge in [-0.25, -0.2) is 0 Å². The van der Waals surface area contributed by atoms with Crippen LogP contribution in [0.25, 0.3) is 0 Å². The Morgan fingerprint density at radius 1 is 1.05 bits per heavy atom. The Kier molecular flexibility index (Phi) is 5.75. The van der Waals surface area contributed by atoms with Crippen LogP contribution in [0.4, 0.5) is 5.69 Å². The molecule has 0 radical (unpaired) electrons. The number of hydrogen-bond donors (Lipinski definition) is 1. The third-order valence-electron chi connectivity index (χ3n) is 3.06. The van der Waals surface area contributed by atoms with Gasteiger partial charge < -0.3 is 10.1 Å². The quantitative estimate of drug-likeness (QED) is 0.713. The summed E-state index contributed by atoms with van der Waals surface area (Å²) in [7, 11) is 0. The SMILES string of the molecule is CCCCOc1ccccc1CNc1ccc(Cl)cc1. The minimum atomic E-state index is 0.740. The minimum Gasteiger partial charge on any atom is -0.493 e. The van der Waals surface area contributed by atoms with Crippen LogP contribution in [0.2, 0.25) is 5.02 Å². The minimum absolute atomic E-state index is 0.740. The van der Waals surface area contributed by atoms with Gasteiger partial charge in [-0.3, -0.25) is 0 Å². The summed E-state index contributed by atoms with van der Waals surface area (Å²) in [6.45, 7) is 3.68. The Hall–Kier alpha value is -1.67. The van der Waals surface area contributed by atoms with Crippen LogP contribution in [0, 0.1) is 0 Å². The Balaban J connectivity index is 1.96. The van der Waals surface area contributed by atoms with Crippen LogP contribution in [0.15, 0.2) is 48.5 Å². The molecule has 3 heteroatoms. The lowest BCUT2D eigenvalue weighted by molar-refractivity contribution is 0.306. The van der Waals surface area contributed by atoms with Crippen LogP contribution in [0.5, 0.6) is 5.75 Å². The van der Waals surface area contributed by atoms with Crippen molar-refractivity contribution in [1.29, 1.82) is 0 Å². The monoisotopic (exact) mass is 289 g/mol. The summed E-state index contributed by atoms with van der Waals surface area (Å²) in [4.78, 5) is 0. The molecule has 0 bridgehead atoms. The van der Waals surface area contributed by atoms with Crippen molar-refractivity contribution in [1.82, 2.24) is 0 Å². The average Bonchev–Trinajstić information content (AvgIpc) is 2.48. The average molecular weight is 290 g/mol. The van der Waals surface area contributed by atoms with Gasteiger partial charge in [-0.2, -0.15) is 0 Å². The predicted molar refractivity (Wildman–Crippen MR) is 85.6 cm³/mol. The maximum atomic E-state index is 5.88. The Morgan fingerprint density at radius 2 is 1.80 bits per heavy atom. The summed E-state index contributed by atoms with van der Waals surface area (Å²) in [5.41, 5.74) is 2.22. The van der Waals surface area contributed by atoms with Crippen molar-refractivity contribution in [3.63, 3.8) is 0 Å². The van der Waals surface area contributed by atoms with Crippen molar-refractivity contribution in [3.05, 3.63) is 59.1 Å². The lowest BCUT2D eigenvalue weighted by Crippen LogP contribution is -2.04. The van der Waals surface area contributed by atoms with Gasteiger partial charge in [0.1, 0.15) is 5.75 Å². The highest BCUT2D eigenvalue weighted by molar-refractivity contribution is 6.30. The van der Waals surface area contributed by atoms with Gasteiger partial charge >= 0.3 is 0 Å². The van der Waals surface area contributed by atoms with E-state index in [9.17, 15) is 0 Å². The van der Waals surface area contributed by atoms with Crippen LogP contribution in [-0.4, -0.2) is 6.61 Å². The van der Waals surface area contributed by atoms with Crippen LogP contribution in [-0.2, 0) is 6.54 Å². The van der Waals surface area contributed by atoms with E-state index in [0.717, 1.165) is 42.5 Å². The number of hydrogen-bond acceptors (Lipinski definition) is 2. The van der Waals surface area contributed by atoms with E-state index in [-0.39, 0.29) is 0 Å². The second-order valence-electron chi connectivity index (χ2n) is 4.67. The molecule has 0 aliphatic heterocycles. The van der Waals surface area contributed by atoms with Crippen molar-refractivity contribution in [2.24, 2.45) is 0 Å². The first-order valence-electron chi connectivity index (χ1n) is 6.99. The smallest absolute Gasteiger partial charge is 0.124 e. The van der Waals surface area contributed by atoms with Gasteiger partial charge in [0, 0.05) is 22.8 Å². The molecule has 2 nitrogen and oxygen atoms in total. The first kappa shape index (κ1) is 14.7. The summed E-state index contributed by atoms with van der Waals surface area (Å²) in [5.74, 6) is 0.961. The molecule has 0 saturated heterocycles. The third kappa shape index (κ3) is 4.46. The standard InChI is InChI=1S/C17H20ClNO/c1-2-3-12-20-17-7-5-4-6-14(17)13-19-16-10-8-15(18)9-11-16/h4-11,19H,2-3,12-13H2,1H3. The maximum absolute atomic E-state index is 5.88. The molecule has 0 aromatic heterocycles. The van der Waals surface area contributed by atoms with Crippen LogP contribution in [0.3, 0.4) is 0 Å². The van der Waals surface area contributed by atoms with Crippen LogP contribution < -0.4 is 10.1 Å². The van der Waals surface area contributed by atoms with E-state index in [2.05, 4.69) is 18.3 Å². The molecule has 2 rings (SSSR count). The fraction of sp³-hybridized carbons (Fsp3) is 0.294. The highest BCUT2D eigenvalue weighted by Gasteiger charge is 2.02. The molecule has 0 amide bonds. The maximum Gasteiger partial charge on any atom is 0.124 e. The van der Waals surface area contributed by atoms with Gasteiger partial charge in [-0.1, -0.05) is 43.1 Å². The fourth-order valence-corrected chi connectivity index (χ4v) is 2.01. The van der Waals surface area contributed by atoms with Crippen LogP contribution in [0.1, 0.15) is 25.3 Å². The van der Waals surface area contributed by atoms with E-state index < -0.39 is 0 Å². The number of benzene rings is 2. The molecule has 2 aromatic carbocycles. The lowest BCUT2D eigenvalue weighted by atomic mass is 10.2. The number of rotatable bonds is 7. The summed E-state index contributed by atoms with van der Waals surface area (Å²) in [5, 5.41) is 4.13. The number of para-hydroxylation sites is 1. The van der Waals surface area contributed by atoms with E-state index in [1.807, 2.05) is 42.5 Å². The highest BCUT2D eigenvalue weighted by atomic mass is 35.5. The van der Waals surface area contributed by atoms with Gasteiger partial charge in [0.15, 0.2) is 0 Å². The van der Waals surface area contributed by atoms with Gasteiger partial charge in [0.2, 0.25) is 0 Å². The predicted octanol–water partition coefficient (Wildman–Crippen LogP) is 5.13. The van der Waals surface area contributed by atoms with Crippen molar-refractivity contribution in [2.45, 2.75) is 26.3 Å². The molecule has 0 aliphatic rings. The zero-order valence-corrected chi connectivity index (χ0v) is 12.5. The number of ether oxygens (including phenoxy) is 1. The number of halogens is 1. The highest BCUT2D eigenvalue weighted by Crippen LogP contribution is 2.20. The number of anilines is 1. The molecule has 1 N–H and O–H groups in total. The molecule has 106 valence electrons. The van der Waals surface area contributed by atoms with Gasteiger partial charge in [-0.15, -0.1) is 0 Å². The zero-order valence-electron chi connectivity index (χ0n) is 11.7. The van der Waals surface area contributed by atoms with E-state index in [0.29, 0.717) is 0 Å². The van der Waals surface area contributed by atoms with E-state index >= 15 is 0 Å². The van der Waals surface area contributed by atoms with Crippen molar-refractivity contribution in [3.8, 4) is 5.75 Å². The lowest BCUT2D eigenvalue weighted by Gasteiger charge is -2.12. The molecular formula is C17H20ClNO. The van der Waals surface area contributed by atoms with Gasteiger partial charge in [0.05, 0.1) is 6.61 Å². The Bertz CT molecular complexity index is 525. The fourth-order valence-electron chi connectivity index (χ4n) is 1.88. The molecular weight excluding hydrogens is 270 g/mol. The van der Waals surface area contributed by atoms with E-state index in [4.69, 9.17) is 16.3 Å². The van der Waals surface area contributed by atoms with Gasteiger partial charge in [0.25, 0.3) is 0 Å². The first-order chi connectivity index (χ1) is 9.79. The van der Waals surface area contributed by atoms with Crippen molar-refractivity contribution < 1.29 is 4.74 Å². The molecule has 0 unspecified atom stereocenters. The Labute approximate surface area is 125 Å². The first-order valence-corrected chi connectivity index (χ1v) is 7.37. The molecule has 0 saturated carbocycles. The molecule has 2 aromatic rings. The molecule has 0 aliphatic carbocycles. The van der Waals surface area contributed by atoms with Gasteiger partial charge in [-0.05, 0) is 36.8 Å². The second kappa shape index (κ2) is 7.81. The third-order valence-corrected chi connectivity index (χ3v) is 3.31. The largest absolute Gasteiger partial charge is 0.493 e. The summed E-state index contributed by atoms with van der Waals surface area (Å²) >= 11 is 5.88. The number of nitrogens with one attached hydrogen (secondary N) is 1. The van der Waals surface area contributed by atoms with Crippen LogP contribution >= 0.6 is 11.6 Å². The number of unbranched alkanes of at least 4 members (excludes halogenated alkanes) is 1. The second-order valence-corrected chi connectivity index (χ2v) is 5.11. The van der Waals surface area contributed by atoms with E-state index in [1.165, 1.54) is 5.56 Å². The Morgan fingerprint density at radius 3 is 2.55 bits per heavy atom. The normalized spacial score (nSPS) is 10.3. The molecule has 20 heavy (non-hydrogen) atoms. The molecule has 0 spiro atoms. The topological polar surface area (TPSA) is 21.3 Å². The molecule has 0 atom stereocenters. The van der Waals surface area contributed by atoms with E-state index in [1.54, 1.807) is 0 Å². The molecule has 0 heterocycles. The summed E-state index contributed by atoms with van der Waals surface area (Å²) < 4.78 is 5.82. The summed E-state index contributed by atoms with van der Waals surface area (Å²) in [6, 6.07) is 15.9. The van der Waals surface area contributed by atoms with Crippen molar-refractivity contribution >= 4 is 17.3 Å². The van der Waals surface area contributed by atoms with Crippen molar-refractivity contribution in [2.75, 3.05) is 11.9 Å².